The quantitative estimate of drug-likeness (QED) is 0.351. The number of fused-ring (bicyclic) bond motifs is 1. The SMILES string of the molecule is CC(C)C(NC(=O)c1ccc2c(c1)OCO2)c1nnc(SCC(=O)Nc2c(Cl)cc(Cl)cc2Cl)n1C. The number of aromatic nitrogens is 3. The van der Waals surface area contributed by atoms with Crippen LogP contribution in [0.15, 0.2) is 35.5 Å². The Labute approximate surface area is 226 Å². The average Bonchev–Trinajstić information content (AvgIpc) is 3.44. The van der Waals surface area contributed by atoms with Gasteiger partial charge in [-0.2, -0.15) is 0 Å². The number of hydrogen-bond acceptors (Lipinski definition) is 7. The van der Waals surface area contributed by atoms with Crippen molar-refractivity contribution < 1.29 is 19.1 Å². The van der Waals surface area contributed by atoms with Crippen LogP contribution in [0.2, 0.25) is 15.1 Å². The van der Waals surface area contributed by atoms with E-state index >= 15 is 0 Å². The number of amides is 2. The van der Waals surface area contributed by atoms with Crippen LogP contribution in [0.25, 0.3) is 0 Å². The highest BCUT2D eigenvalue weighted by Crippen LogP contribution is 2.34. The van der Waals surface area contributed by atoms with E-state index in [2.05, 4.69) is 20.8 Å². The van der Waals surface area contributed by atoms with Crippen molar-refractivity contribution in [2.45, 2.75) is 25.0 Å². The Morgan fingerprint density at radius 3 is 2.47 bits per heavy atom. The molecule has 13 heteroatoms. The average molecular weight is 571 g/mol. The summed E-state index contributed by atoms with van der Waals surface area (Å²) in [6, 6.07) is 7.60. The molecule has 1 atom stereocenters. The first-order valence-electron chi connectivity index (χ1n) is 10.8. The molecule has 1 aliphatic heterocycles. The number of nitrogens with zero attached hydrogens (tertiary/aromatic N) is 3. The Morgan fingerprint density at radius 1 is 1.08 bits per heavy atom. The zero-order chi connectivity index (χ0) is 26.0. The molecule has 0 aliphatic carbocycles. The van der Waals surface area contributed by atoms with Gasteiger partial charge in [-0.25, -0.2) is 0 Å². The van der Waals surface area contributed by atoms with Crippen LogP contribution in [-0.4, -0.2) is 39.1 Å². The lowest BCUT2D eigenvalue weighted by Crippen LogP contribution is -2.33. The molecule has 0 saturated carbocycles. The highest BCUT2D eigenvalue weighted by molar-refractivity contribution is 7.99. The Balaban J connectivity index is 1.42. The number of rotatable bonds is 8. The van der Waals surface area contributed by atoms with Gasteiger partial charge in [0, 0.05) is 17.6 Å². The molecule has 1 aromatic heterocycles. The molecule has 0 spiro atoms. The number of anilines is 1. The number of benzene rings is 2. The third-order valence-corrected chi connectivity index (χ3v) is 7.17. The van der Waals surface area contributed by atoms with E-state index < -0.39 is 6.04 Å². The standard InChI is InChI=1S/C23H22Cl3N5O4S/c1-11(2)19(28-22(33)12-4-5-16-17(6-12)35-10-34-16)21-29-30-23(31(21)3)36-9-18(32)27-20-14(25)7-13(24)8-15(20)26/h4-8,11,19H,9-10H2,1-3H3,(H,27,32)(H,28,33). The van der Waals surface area contributed by atoms with Crippen LogP contribution < -0.4 is 20.1 Å². The summed E-state index contributed by atoms with van der Waals surface area (Å²) in [5.41, 5.74) is 0.732. The number of nitrogens with one attached hydrogen (secondary N) is 2. The second-order valence-electron chi connectivity index (χ2n) is 8.24. The second kappa shape index (κ2) is 11.2. The Bertz CT molecular complexity index is 1290. The third-order valence-electron chi connectivity index (χ3n) is 5.34. The molecule has 36 heavy (non-hydrogen) atoms. The minimum Gasteiger partial charge on any atom is -0.454 e. The smallest absolute Gasteiger partial charge is 0.252 e. The Hall–Kier alpha value is -2.66. The van der Waals surface area contributed by atoms with E-state index in [9.17, 15) is 9.59 Å². The van der Waals surface area contributed by atoms with E-state index in [-0.39, 0.29) is 46.0 Å². The molecule has 190 valence electrons. The minimum atomic E-state index is -0.421. The summed E-state index contributed by atoms with van der Waals surface area (Å²) >= 11 is 19.4. The normalized spacial score (nSPS) is 13.1. The van der Waals surface area contributed by atoms with Crippen LogP contribution in [0.1, 0.15) is 36.1 Å². The fraction of sp³-hybridized carbons (Fsp3) is 0.304. The molecular formula is C23H22Cl3N5O4S. The summed E-state index contributed by atoms with van der Waals surface area (Å²) in [6.07, 6.45) is 0. The van der Waals surface area contributed by atoms with Crippen LogP contribution in [0, 0.1) is 5.92 Å². The van der Waals surface area contributed by atoms with Crippen molar-refractivity contribution in [3.8, 4) is 11.5 Å². The van der Waals surface area contributed by atoms with Gasteiger partial charge < -0.3 is 24.7 Å². The second-order valence-corrected chi connectivity index (χ2v) is 10.4. The fourth-order valence-electron chi connectivity index (χ4n) is 3.48. The summed E-state index contributed by atoms with van der Waals surface area (Å²) in [5, 5.41) is 15.6. The van der Waals surface area contributed by atoms with Gasteiger partial charge in [0.2, 0.25) is 12.7 Å². The van der Waals surface area contributed by atoms with E-state index in [0.29, 0.717) is 33.1 Å². The maximum atomic E-state index is 13.0. The van der Waals surface area contributed by atoms with Gasteiger partial charge in [0.15, 0.2) is 22.5 Å². The van der Waals surface area contributed by atoms with Crippen molar-refractivity contribution in [3.05, 3.63) is 56.8 Å². The zero-order valence-electron chi connectivity index (χ0n) is 19.5. The first kappa shape index (κ1) is 26.4. The lowest BCUT2D eigenvalue weighted by Gasteiger charge is -2.21. The van der Waals surface area contributed by atoms with Crippen LogP contribution in [0.5, 0.6) is 11.5 Å². The topological polar surface area (TPSA) is 107 Å². The van der Waals surface area contributed by atoms with Crippen LogP contribution in [0.4, 0.5) is 5.69 Å². The molecule has 2 N–H and O–H groups in total. The molecule has 9 nitrogen and oxygen atoms in total. The largest absolute Gasteiger partial charge is 0.454 e. The molecule has 0 bridgehead atoms. The van der Waals surface area contributed by atoms with E-state index in [0.717, 1.165) is 0 Å². The summed E-state index contributed by atoms with van der Waals surface area (Å²) < 4.78 is 12.4. The predicted octanol–water partition coefficient (Wildman–Crippen LogP) is 5.36. The predicted molar refractivity (Wildman–Crippen MR) is 139 cm³/mol. The third kappa shape index (κ3) is 5.83. The highest BCUT2D eigenvalue weighted by atomic mass is 35.5. The Kier molecular flexibility index (Phi) is 8.19. The number of ether oxygens (including phenoxy) is 2. The lowest BCUT2D eigenvalue weighted by atomic mass is 10.0. The van der Waals surface area contributed by atoms with Crippen molar-refractivity contribution >= 4 is 64.1 Å². The number of hydrogen-bond donors (Lipinski definition) is 2. The summed E-state index contributed by atoms with van der Waals surface area (Å²) in [5.74, 6) is 1.14. The molecule has 1 aliphatic rings. The van der Waals surface area contributed by atoms with E-state index in [1.807, 2.05) is 13.8 Å². The zero-order valence-corrected chi connectivity index (χ0v) is 22.6. The number of carbonyl (C=O) groups is 2. The molecule has 4 rings (SSSR count). The van der Waals surface area contributed by atoms with Gasteiger partial charge in [0.25, 0.3) is 5.91 Å². The van der Waals surface area contributed by atoms with Crippen LogP contribution in [-0.2, 0) is 11.8 Å². The van der Waals surface area contributed by atoms with Crippen molar-refractivity contribution in [1.82, 2.24) is 20.1 Å². The van der Waals surface area contributed by atoms with Gasteiger partial charge in [0.1, 0.15) is 0 Å². The first-order chi connectivity index (χ1) is 17.1. The van der Waals surface area contributed by atoms with Crippen LogP contribution >= 0.6 is 46.6 Å². The van der Waals surface area contributed by atoms with E-state index in [1.165, 1.54) is 23.9 Å². The van der Waals surface area contributed by atoms with Gasteiger partial charge in [-0.3, -0.25) is 9.59 Å². The maximum Gasteiger partial charge on any atom is 0.252 e. The number of carbonyl (C=O) groups excluding carboxylic acids is 2. The van der Waals surface area contributed by atoms with Gasteiger partial charge in [-0.1, -0.05) is 60.4 Å². The molecule has 1 unspecified atom stereocenters. The summed E-state index contributed by atoms with van der Waals surface area (Å²) in [6.45, 7) is 4.07. The minimum absolute atomic E-state index is 0.0150. The van der Waals surface area contributed by atoms with Crippen LogP contribution in [0.3, 0.4) is 0 Å². The van der Waals surface area contributed by atoms with E-state index in [1.54, 1.807) is 29.8 Å². The van der Waals surface area contributed by atoms with Gasteiger partial charge in [-0.15, -0.1) is 10.2 Å². The van der Waals surface area contributed by atoms with Crippen molar-refractivity contribution in [3.63, 3.8) is 0 Å². The van der Waals surface area contributed by atoms with Crippen molar-refractivity contribution in [1.29, 1.82) is 0 Å². The molecule has 2 aromatic carbocycles. The molecular weight excluding hydrogens is 549 g/mol. The van der Waals surface area contributed by atoms with Crippen molar-refractivity contribution in [2.24, 2.45) is 13.0 Å². The summed E-state index contributed by atoms with van der Waals surface area (Å²) in [4.78, 5) is 25.5. The summed E-state index contributed by atoms with van der Waals surface area (Å²) in [7, 11) is 1.78. The maximum absolute atomic E-state index is 13.0. The lowest BCUT2D eigenvalue weighted by molar-refractivity contribution is -0.113. The van der Waals surface area contributed by atoms with Gasteiger partial charge >= 0.3 is 0 Å². The highest BCUT2D eigenvalue weighted by Gasteiger charge is 2.26. The Morgan fingerprint density at radius 2 is 1.78 bits per heavy atom. The molecule has 3 aromatic rings. The molecule has 2 heterocycles. The van der Waals surface area contributed by atoms with Gasteiger partial charge in [0.05, 0.1) is 27.5 Å². The first-order valence-corrected chi connectivity index (χ1v) is 12.9. The molecule has 2 amide bonds. The number of thioether (sulfide) groups is 1. The molecule has 0 saturated heterocycles. The monoisotopic (exact) mass is 569 g/mol. The molecule has 0 radical (unpaired) electrons. The van der Waals surface area contributed by atoms with Gasteiger partial charge in [-0.05, 0) is 36.2 Å². The fourth-order valence-corrected chi connectivity index (χ4v) is 5.11. The van der Waals surface area contributed by atoms with E-state index in [4.69, 9.17) is 44.3 Å². The molecule has 0 fully saturated rings. The van der Waals surface area contributed by atoms with Crippen molar-refractivity contribution in [2.75, 3.05) is 17.9 Å². The number of halogens is 3.